The van der Waals surface area contributed by atoms with Gasteiger partial charge >= 0.3 is 6.03 Å². The fraction of sp³-hybridized carbons (Fsp3) is 0.500. The lowest BCUT2D eigenvalue weighted by Gasteiger charge is -2.41. The Morgan fingerprint density at radius 1 is 1.00 bits per heavy atom. The van der Waals surface area contributed by atoms with Crippen LogP contribution in [0.3, 0.4) is 0 Å². The molecule has 3 aliphatic rings. The minimum atomic E-state index is -0.621. The highest BCUT2D eigenvalue weighted by molar-refractivity contribution is 5.89. The maximum atomic E-state index is 14.1. The molecule has 2 saturated heterocycles. The number of rotatable bonds is 7. The Balaban J connectivity index is 1.39. The number of hydrogen-bond donors (Lipinski definition) is 1. The molecular formula is C28H36N4O4. The van der Waals surface area contributed by atoms with Gasteiger partial charge in [0.05, 0.1) is 14.2 Å². The molecule has 3 amide bonds. The van der Waals surface area contributed by atoms with E-state index in [0.29, 0.717) is 38.4 Å². The molecule has 2 heterocycles. The summed E-state index contributed by atoms with van der Waals surface area (Å²) in [6.45, 7) is 1.63. The summed E-state index contributed by atoms with van der Waals surface area (Å²) in [6, 6.07) is 16.6. The first kappa shape index (κ1) is 24.6. The van der Waals surface area contributed by atoms with Gasteiger partial charge < -0.3 is 14.5 Å². The number of amides is 3. The number of carbonyl (C=O) groups excluding carboxylic acids is 2. The number of methoxy groups -OCH3 is 1. The Bertz CT molecular complexity index is 1080. The Morgan fingerprint density at radius 2 is 1.64 bits per heavy atom. The fourth-order valence-electron chi connectivity index (χ4n) is 5.80. The van der Waals surface area contributed by atoms with Crippen LogP contribution < -0.4 is 10.2 Å². The lowest BCUT2D eigenvalue weighted by Crippen LogP contribution is -2.57. The minimum absolute atomic E-state index is 0.136. The Labute approximate surface area is 213 Å². The van der Waals surface area contributed by atoms with Gasteiger partial charge in [-0.15, -0.1) is 0 Å². The SMILES string of the molecule is CONC(=O)N1CCC2(CC1)C(=O)N(CCc1ccc(OC)cc1)C(c1ccc(C3CC3)cc1)N2C. The number of hydroxylamine groups is 1. The van der Waals surface area contributed by atoms with Crippen molar-refractivity contribution in [3.05, 3.63) is 65.2 Å². The highest BCUT2D eigenvalue weighted by Gasteiger charge is 2.57. The van der Waals surface area contributed by atoms with Crippen molar-refractivity contribution in [3.8, 4) is 5.75 Å². The molecule has 0 aromatic heterocycles. The van der Waals surface area contributed by atoms with Crippen LogP contribution in [0.25, 0.3) is 0 Å². The molecule has 1 N–H and O–H groups in total. The van der Waals surface area contributed by atoms with E-state index >= 15 is 0 Å². The van der Waals surface area contributed by atoms with Crippen LogP contribution in [-0.4, -0.2) is 73.1 Å². The van der Waals surface area contributed by atoms with Crippen molar-refractivity contribution in [1.82, 2.24) is 20.2 Å². The van der Waals surface area contributed by atoms with Crippen LogP contribution in [0.4, 0.5) is 4.79 Å². The van der Waals surface area contributed by atoms with E-state index in [2.05, 4.69) is 53.8 Å². The van der Waals surface area contributed by atoms with Gasteiger partial charge in [-0.3, -0.25) is 14.5 Å². The molecule has 2 aromatic rings. The quantitative estimate of drug-likeness (QED) is 0.597. The summed E-state index contributed by atoms with van der Waals surface area (Å²) in [5.74, 6) is 1.68. The number of likely N-dealkylation sites (N-methyl/N-ethyl adjacent to an activating group) is 1. The first-order valence-electron chi connectivity index (χ1n) is 12.8. The molecule has 0 bridgehead atoms. The van der Waals surface area contributed by atoms with E-state index in [0.717, 1.165) is 17.7 Å². The molecule has 1 aliphatic carbocycles. The van der Waals surface area contributed by atoms with Gasteiger partial charge in [0.15, 0.2) is 0 Å². The van der Waals surface area contributed by atoms with Crippen LogP contribution in [0.15, 0.2) is 48.5 Å². The van der Waals surface area contributed by atoms with Crippen molar-refractivity contribution in [1.29, 1.82) is 0 Å². The summed E-state index contributed by atoms with van der Waals surface area (Å²) in [5, 5.41) is 0. The van der Waals surface area contributed by atoms with E-state index in [1.807, 2.05) is 17.0 Å². The van der Waals surface area contributed by atoms with Crippen molar-refractivity contribution in [2.24, 2.45) is 0 Å². The smallest absolute Gasteiger partial charge is 0.341 e. The van der Waals surface area contributed by atoms with Gasteiger partial charge in [-0.2, -0.15) is 0 Å². The molecule has 1 spiro atoms. The van der Waals surface area contributed by atoms with E-state index in [1.165, 1.54) is 31.1 Å². The molecule has 0 radical (unpaired) electrons. The third-order valence-electron chi connectivity index (χ3n) is 8.15. The zero-order chi connectivity index (χ0) is 25.3. The first-order chi connectivity index (χ1) is 17.5. The van der Waals surface area contributed by atoms with E-state index in [9.17, 15) is 9.59 Å². The molecule has 1 atom stereocenters. The van der Waals surface area contributed by atoms with Crippen LogP contribution in [0.5, 0.6) is 5.75 Å². The second kappa shape index (κ2) is 10.1. The average molecular weight is 493 g/mol. The number of piperidine rings is 1. The molecule has 1 saturated carbocycles. The maximum absolute atomic E-state index is 14.1. The second-order valence-corrected chi connectivity index (χ2v) is 10.2. The van der Waals surface area contributed by atoms with Gasteiger partial charge in [-0.1, -0.05) is 36.4 Å². The summed E-state index contributed by atoms with van der Waals surface area (Å²) in [4.78, 5) is 37.2. The topological polar surface area (TPSA) is 74.3 Å². The van der Waals surface area contributed by atoms with Crippen LogP contribution in [0, 0.1) is 0 Å². The molecule has 8 heteroatoms. The van der Waals surface area contributed by atoms with Gasteiger partial charge in [0.2, 0.25) is 5.91 Å². The summed E-state index contributed by atoms with van der Waals surface area (Å²) in [6.07, 6.45) is 4.35. The Morgan fingerprint density at radius 3 is 2.22 bits per heavy atom. The number of benzene rings is 2. The monoisotopic (exact) mass is 492 g/mol. The van der Waals surface area contributed by atoms with Crippen molar-refractivity contribution >= 4 is 11.9 Å². The van der Waals surface area contributed by atoms with E-state index in [4.69, 9.17) is 9.57 Å². The summed E-state index contributed by atoms with van der Waals surface area (Å²) >= 11 is 0. The zero-order valence-corrected chi connectivity index (χ0v) is 21.4. The lowest BCUT2D eigenvalue weighted by atomic mass is 9.86. The normalized spacial score (nSPS) is 21.8. The number of ether oxygens (including phenoxy) is 1. The van der Waals surface area contributed by atoms with Crippen molar-refractivity contribution in [3.63, 3.8) is 0 Å². The number of urea groups is 1. The molecule has 1 unspecified atom stereocenters. The largest absolute Gasteiger partial charge is 0.497 e. The number of nitrogens with zero attached hydrogens (tertiary/aromatic N) is 3. The minimum Gasteiger partial charge on any atom is -0.497 e. The predicted octanol–water partition coefficient (Wildman–Crippen LogP) is 3.69. The number of carbonyl (C=O) groups is 2. The molecule has 192 valence electrons. The van der Waals surface area contributed by atoms with Gasteiger partial charge in [-0.05, 0) is 73.9 Å². The fourth-order valence-corrected chi connectivity index (χ4v) is 5.80. The molecule has 2 aromatic carbocycles. The summed E-state index contributed by atoms with van der Waals surface area (Å²) < 4.78 is 5.29. The zero-order valence-electron chi connectivity index (χ0n) is 21.4. The van der Waals surface area contributed by atoms with E-state index in [-0.39, 0.29) is 18.1 Å². The van der Waals surface area contributed by atoms with Gasteiger partial charge in [0, 0.05) is 19.6 Å². The summed E-state index contributed by atoms with van der Waals surface area (Å²) in [5.41, 5.74) is 5.47. The van der Waals surface area contributed by atoms with Crippen molar-refractivity contribution in [2.75, 3.05) is 40.9 Å². The Kier molecular flexibility index (Phi) is 6.90. The summed E-state index contributed by atoms with van der Waals surface area (Å²) in [7, 11) is 5.16. The molecule has 36 heavy (non-hydrogen) atoms. The third kappa shape index (κ3) is 4.55. The maximum Gasteiger partial charge on any atom is 0.341 e. The molecule has 2 aliphatic heterocycles. The highest BCUT2D eigenvalue weighted by Crippen LogP contribution is 2.46. The lowest BCUT2D eigenvalue weighted by molar-refractivity contribution is -0.135. The van der Waals surface area contributed by atoms with Crippen molar-refractivity contribution in [2.45, 2.75) is 49.7 Å². The molecule has 5 rings (SSSR count). The van der Waals surface area contributed by atoms with Crippen LogP contribution in [0.2, 0.25) is 0 Å². The predicted molar refractivity (Wildman–Crippen MR) is 136 cm³/mol. The van der Waals surface area contributed by atoms with E-state index < -0.39 is 5.54 Å². The van der Waals surface area contributed by atoms with Crippen LogP contribution in [-0.2, 0) is 16.1 Å². The van der Waals surface area contributed by atoms with Crippen LogP contribution >= 0.6 is 0 Å². The standard InChI is InChI=1S/C28H36N4O4/c1-30-25(23-10-8-22(9-11-23)21-6-7-21)32(17-14-20-4-12-24(35-2)13-5-20)26(33)28(30)15-18-31(19-16-28)27(34)29-36-3/h4-5,8-13,21,25H,6-7,14-19H2,1-3H3,(H,29,34). The number of nitrogens with one attached hydrogen (secondary N) is 1. The van der Waals surface area contributed by atoms with E-state index in [1.54, 1.807) is 12.0 Å². The highest BCUT2D eigenvalue weighted by atomic mass is 16.6. The second-order valence-electron chi connectivity index (χ2n) is 10.2. The average Bonchev–Trinajstić information content (AvgIpc) is 3.74. The number of likely N-dealkylation sites (tertiary alicyclic amines) is 1. The van der Waals surface area contributed by atoms with Gasteiger partial charge in [0.25, 0.3) is 0 Å². The Hall–Kier alpha value is -3.10. The molecule has 8 nitrogen and oxygen atoms in total. The molecular weight excluding hydrogens is 456 g/mol. The van der Waals surface area contributed by atoms with Crippen molar-refractivity contribution < 1.29 is 19.2 Å². The number of hydrogen-bond acceptors (Lipinski definition) is 5. The first-order valence-corrected chi connectivity index (χ1v) is 12.8. The van der Waals surface area contributed by atoms with Crippen LogP contribution in [0.1, 0.15) is 54.5 Å². The third-order valence-corrected chi connectivity index (χ3v) is 8.15. The van der Waals surface area contributed by atoms with Gasteiger partial charge in [0.1, 0.15) is 17.5 Å². The van der Waals surface area contributed by atoms with Gasteiger partial charge in [-0.25, -0.2) is 10.3 Å². The molecule has 3 fully saturated rings.